The summed E-state index contributed by atoms with van der Waals surface area (Å²) >= 11 is 0. The van der Waals surface area contributed by atoms with Crippen molar-refractivity contribution < 1.29 is 15.0 Å². The van der Waals surface area contributed by atoms with Gasteiger partial charge in [-0.25, -0.2) is 0 Å². The molecule has 1 amide bonds. The number of aromatic hydroxyl groups is 2. The fourth-order valence-corrected chi connectivity index (χ4v) is 1.80. The van der Waals surface area contributed by atoms with Crippen molar-refractivity contribution in [1.82, 2.24) is 0 Å². The third-order valence-electron chi connectivity index (χ3n) is 2.84. The number of phenolic OH excluding ortho intramolecular Hbond substituents is 2. The SMILES string of the molecule is N[C@@H](Cc1ccc(O)cc1)C(=O)Nc1cccc(O)c1. The minimum Gasteiger partial charge on any atom is -0.508 e. The molecule has 5 heteroatoms. The molecule has 5 N–H and O–H groups in total. The molecule has 0 heterocycles. The van der Waals surface area contributed by atoms with Gasteiger partial charge in [0.25, 0.3) is 0 Å². The molecule has 2 rings (SSSR count). The number of benzene rings is 2. The summed E-state index contributed by atoms with van der Waals surface area (Å²) in [4.78, 5) is 11.9. The van der Waals surface area contributed by atoms with Gasteiger partial charge in [-0.1, -0.05) is 18.2 Å². The Hall–Kier alpha value is -2.53. The molecule has 2 aromatic carbocycles. The summed E-state index contributed by atoms with van der Waals surface area (Å²) in [5.74, 6) is -0.0786. The van der Waals surface area contributed by atoms with Crippen LogP contribution in [0, 0.1) is 0 Å². The third-order valence-corrected chi connectivity index (χ3v) is 2.84. The van der Waals surface area contributed by atoms with Gasteiger partial charge in [0.1, 0.15) is 11.5 Å². The Labute approximate surface area is 116 Å². The normalized spacial score (nSPS) is 11.8. The standard InChI is InChI=1S/C15H16N2O3/c16-14(8-10-4-6-12(18)7-5-10)15(20)17-11-2-1-3-13(19)9-11/h1-7,9,14,18-19H,8,16H2,(H,17,20)/t14-/m0/s1. The molecule has 0 bridgehead atoms. The summed E-state index contributed by atoms with van der Waals surface area (Å²) in [5, 5.41) is 21.1. The molecule has 0 aliphatic heterocycles. The molecule has 104 valence electrons. The maximum atomic E-state index is 11.9. The van der Waals surface area contributed by atoms with Crippen molar-refractivity contribution in [2.75, 3.05) is 5.32 Å². The minimum absolute atomic E-state index is 0.0786. The van der Waals surface area contributed by atoms with Crippen LogP contribution in [0.1, 0.15) is 5.56 Å². The first-order valence-corrected chi connectivity index (χ1v) is 6.18. The number of nitrogens with one attached hydrogen (secondary N) is 1. The van der Waals surface area contributed by atoms with Crippen LogP contribution in [0.2, 0.25) is 0 Å². The van der Waals surface area contributed by atoms with Gasteiger partial charge in [0.15, 0.2) is 0 Å². The van der Waals surface area contributed by atoms with Crippen molar-refractivity contribution in [3.05, 3.63) is 54.1 Å². The lowest BCUT2D eigenvalue weighted by Gasteiger charge is -2.12. The van der Waals surface area contributed by atoms with E-state index in [1.54, 1.807) is 36.4 Å². The van der Waals surface area contributed by atoms with E-state index in [0.29, 0.717) is 12.1 Å². The van der Waals surface area contributed by atoms with Crippen LogP contribution < -0.4 is 11.1 Å². The smallest absolute Gasteiger partial charge is 0.241 e. The zero-order valence-electron chi connectivity index (χ0n) is 10.8. The summed E-state index contributed by atoms with van der Waals surface area (Å²) in [7, 11) is 0. The van der Waals surface area contributed by atoms with Crippen molar-refractivity contribution in [2.24, 2.45) is 5.73 Å². The van der Waals surface area contributed by atoms with Gasteiger partial charge in [0, 0.05) is 11.8 Å². The van der Waals surface area contributed by atoms with Crippen LogP contribution in [0.25, 0.3) is 0 Å². The van der Waals surface area contributed by atoms with Crippen LogP contribution in [0.4, 0.5) is 5.69 Å². The van der Waals surface area contributed by atoms with Crippen molar-refractivity contribution in [1.29, 1.82) is 0 Å². The van der Waals surface area contributed by atoms with E-state index in [1.807, 2.05) is 0 Å². The molecule has 2 aromatic rings. The number of rotatable bonds is 4. The molecular formula is C15H16N2O3. The van der Waals surface area contributed by atoms with Crippen molar-refractivity contribution in [3.8, 4) is 11.5 Å². The molecule has 0 saturated heterocycles. The van der Waals surface area contributed by atoms with Gasteiger partial charge in [0.05, 0.1) is 6.04 Å². The lowest BCUT2D eigenvalue weighted by Crippen LogP contribution is -2.37. The van der Waals surface area contributed by atoms with E-state index in [-0.39, 0.29) is 17.4 Å². The number of phenols is 2. The molecule has 0 aliphatic rings. The zero-order valence-corrected chi connectivity index (χ0v) is 10.8. The summed E-state index contributed by atoms with van der Waals surface area (Å²) in [6.07, 6.45) is 0.366. The van der Waals surface area contributed by atoms with Gasteiger partial charge in [-0.2, -0.15) is 0 Å². The molecule has 20 heavy (non-hydrogen) atoms. The maximum Gasteiger partial charge on any atom is 0.241 e. The van der Waals surface area contributed by atoms with E-state index in [1.165, 1.54) is 12.1 Å². The molecule has 5 nitrogen and oxygen atoms in total. The third kappa shape index (κ3) is 3.73. The Morgan fingerprint density at radius 1 is 1.10 bits per heavy atom. The van der Waals surface area contributed by atoms with Gasteiger partial charge in [0.2, 0.25) is 5.91 Å². The van der Waals surface area contributed by atoms with Gasteiger partial charge in [-0.05, 0) is 36.2 Å². The van der Waals surface area contributed by atoms with E-state index in [4.69, 9.17) is 5.73 Å². The maximum absolute atomic E-state index is 11.9. The van der Waals surface area contributed by atoms with Crippen LogP contribution in [0.3, 0.4) is 0 Å². The number of carbonyl (C=O) groups is 1. The van der Waals surface area contributed by atoms with Gasteiger partial charge in [-0.15, -0.1) is 0 Å². The van der Waals surface area contributed by atoms with Crippen LogP contribution in [0.15, 0.2) is 48.5 Å². The van der Waals surface area contributed by atoms with E-state index >= 15 is 0 Å². The van der Waals surface area contributed by atoms with Crippen molar-refractivity contribution >= 4 is 11.6 Å². The average molecular weight is 272 g/mol. The van der Waals surface area contributed by atoms with Crippen molar-refractivity contribution in [3.63, 3.8) is 0 Å². The van der Waals surface area contributed by atoms with Crippen molar-refractivity contribution in [2.45, 2.75) is 12.5 Å². The minimum atomic E-state index is -0.707. The highest BCUT2D eigenvalue weighted by Crippen LogP contribution is 2.16. The predicted molar refractivity (Wildman–Crippen MR) is 76.5 cm³/mol. The van der Waals surface area contributed by atoms with Gasteiger partial charge < -0.3 is 21.3 Å². The molecule has 0 radical (unpaired) electrons. The predicted octanol–water partition coefficient (Wildman–Crippen LogP) is 1.61. The lowest BCUT2D eigenvalue weighted by atomic mass is 10.1. The van der Waals surface area contributed by atoms with E-state index in [0.717, 1.165) is 5.56 Å². The first kappa shape index (κ1) is 13.9. The van der Waals surface area contributed by atoms with Gasteiger partial charge >= 0.3 is 0 Å². The first-order chi connectivity index (χ1) is 9.54. The second kappa shape index (κ2) is 6.08. The fraction of sp³-hybridized carbons (Fsp3) is 0.133. The molecule has 0 saturated carbocycles. The topological polar surface area (TPSA) is 95.6 Å². The zero-order chi connectivity index (χ0) is 14.5. The molecule has 1 atom stereocenters. The van der Waals surface area contributed by atoms with Crippen LogP contribution in [-0.4, -0.2) is 22.2 Å². The Balaban J connectivity index is 1.96. The molecular weight excluding hydrogens is 256 g/mol. The number of anilines is 1. The first-order valence-electron chi connectivity index (χ1n) is 6.18. The van der Waals surface area contributed by atoms with E-state index in [2.05, 4.69) is 5.32 Å². The van der Waals surface area contributed by atoms with Gasteiger partial charge in [-0.3, -0.25) is 4.79 Å². The van der Waals surface area contributed by atoms with Crippen LogP contribution in [0.5, 0.6) is 11.5 Å². The van der Waals surface area contributed by atoms with E-state index < -0.39 is 6.04 Å². The number of hydrogen-bond acceptors (Lipinski definition) is 4. The summed E-state index contributed by atoms with van der Waals surface area (Å²) in [5.41, 5.74) is 7.19. The number of amides is 1. The molecule has 0 fully saturated rings. The fourth-order valence-electron chi connectivity index (χ4n) is 1.80. The quantitative estimate of drug-likeness (QED) is 0.680. The summed E-state index contributed by atoms with van der Waals surface area (Å²) < 4.78 is 0. The van der Waals surface area contributed by atoms with Crippen LogP contribution in [-0.2, 0) is 11.2 Å². The Kier molecular flexibility index (Phi) is 4.22. The Morgan fingerprint density at radius 2 is 1.80 bits per heavy atom. The van der Waals surface area contributed by atoms with Crippen LogP contribution >= 0.6 is 0 Å². The number of carbonyl (C=O) groups excluding carboxylic acids is 1. The summed E-state index contributed by atoms with van der Waals surface area (Å²) in [6.45, 7) is 0. The molecule has 0 aromatic heterocycles. The second-order valence-corrected chi connectivity index (χ2v) is 4.52. The second-order valence-electron chi connectivity index (χ2n) is 4.52. The molecule has 0 unspecified atom stereocenters. The Bertz CT molecular complexity index is 596. The number of nitrogens with two attached hydrogens (primary N) is 1. The highest BCUT2D eigenvalue weighted by molar-refractivity contribution is 5.95. The Morgan fingerprint density at radius 3 is 2.45 bits per heavy atom. The lowest BCUT2D eigenvalue weighted by molar-refractivity contribution is -0.117. The van der Waals surface area contributed by atoms with E-state index in [9.17, 15) is 15.0 Å². The largest absolute Gasteiger partial charge is 0.508 e. The highest BCUT2D eigenvalue weighted by atomic mass is 16.3. The number of hydrogen-bond donors (Lipinski definition) is 4. The summed E-state index contributed by atoms with van der Waals surface area (Å²) in [6, 6.07) is 12.1. The monoisotopic (exact) mass is 272 g/mol. The average Bonchev–Trinajstić information content (AvgIpc) is 2.41. The highest BCUT2D eigenvalue weighted by Gasteiger charge is 2.14. The molecule has 0 spiro atoms. The molecule has 0 aliphatic carbocycles.